The van der Waals surface area contributed by atoms with Crippen LogP contribution in [0.15, 0.2) is 0 Å². The van der Waals surface area contributed by atoms with Crippen LogP contribution in [0.5, 0.6) is 0 Å². The molecule has 0 aromatic rings. The maximum absolute atomic E-state index is 2.53. The predicted molar refractivity (Wildman–Crippen MR) is 64.3 cm³/mol. The SMILES string of the molecule is C.CC1CC2CC(C)(C1)CC(C)C2C. The van der Waals surface area contributed by atoms with Crippen molar-refractivity contribution in [2.24, 2.45) is 29.1 Å². The highest BCUT2D eigenvalue weighted by Crippen LogP contribution is 2.54. The van der Waals surface area contributed by atoms with E-state index < -0.39 is 0 Å². The van der Waals surface area contributed by atoms with E-state index in [1.165, 1.54) is 25.7 Å². The first-order valence-electron chi connectivity index (χ1n) is 6.00. The Morgan fingerprint density at radius 2 is 1.64 bits per heavy atom. The van der Waals surface area contributed by atoms with Crippen LogP contribution >= 0.6 is 0 Å². The van der Waals surface area contributed by atoms with Gasteiger partial charge in [-0.05, 0) is 54.8 Å². The van der Waals surface area contributed by atoms with Gasteiger partial charge in [-0.1, -0.05) is 35.1 Å². The van der Waals surface area contributed by atoms with Crippen molar-refractivity contribution in [1.29, 1.82) is 0 Å². The van der Waals surface area contributed by atoms with Gasteiger partial charge in [-0.25, -0.2) is 0 Å². The quantitative estimate of drug-likeness (QED) is 0.525. The van der Waals surface area contributed by atoms with Crippen molar-refractivity contribution < 1.29 is 0 Å². The second-order valence-corrected chi connectivity index (χ2v) is 6.36. The molecule has 5 unspecified atom stereocenters. The minimum atomic E-state index is 0. The molecule has 0 heteroatoms. The molecule has 0 aromatic heterocycles. The van der Waals surface area contributed by atoms with Gasteiger partial charge in [0.05, 0.1) is 0 Å². The lowest BCUT2D eigenvalue weighted by Gasteiger charge is -2.51. The van der Waals surface area contributed by atoms with Gasteiger partial charge in [0.2, 0.25) is 0 Å². The lowest BCUT2D eigenvalue weighted by Crippen LogP contribution is -2.41. The zero-order chi connectivity index (χ0) is 9.64. The summed E-state index contributed by atoms with van der Waals surface area (Å²) in [5.74, 6) is 3.98. The van der Waals surface area contributed by atoms with E-state index in [9.17, 15) is 0 Å². The summed E-state index contributed by atoms with van der Waals surface area (Å²) in [6, 6.07) is 0. The molecule has 2 bridgehead atoms. The molecule has 2 aliphatic rings. The third kappa shape index (κ3) is 1.99. The molecule has 2 fully saturated rings. The Morgan fingerprint density at radius 1 is 1.00 bits per heavy atom. The summed E-state index contributed by atoms with van der Waals surface area (Å²) in [6.07, 6.45) is 5.99. The van der Waals surface area contributed by atoms with Gasteiger partial charge in [0.25, 0.3) is 0 Å². The van der Waals surface area contributed by atoms with Crippen molar-refractivity contribution in [1.82, 2.24) is 0 Å². The molecule has 0 saturated heterocycles. The molecule has 2 saturated carbocycles. The molecule has 2 aliphatic carbocycles. The third-order valence-electron chi connectivity index (χ3n) is 4.76. The highest BCUT2D eigenvalue weighted by Gasteiger charge is 2.44. The molecule has 0 aliphatic heterocycles. The van der Waals surface area contributed by atoms with Crippen molar-refractivity contribution in [3.8, 4) is 0 Å². The summed E-state index contributed by atoms with van der Waals surface area (Å²) in [5.41, 5.74) is 0.703. The van der Waals surface area contributed by atoms with E-state index >= 15 is 0 Å². The fourth-order valence-corrected chi connectivity index (χ4v) is 4.24. The largest absolute Gasteiger partial charge is 0.0776 e. The molecule has 14 heavy (non-hydrogen) atoms. The Hall–Kier alpha value is 0. The Kier molecular flexibility index (Phi) is 3.33. The fraction of sp³-hybridized carbons (Fsp3) is 1.00. The van der Waals surface area contributed by atoms with Gasteiger partial charge in [-0.2, -0.15) is 0 Å². The molecule has 0 N–H and O–H groups in total. The average Bonchev–Trinajstić information content (AvgIpc) is 1.98. The van der Waals surface area contributed by atoms with E-state index in [0.29, 0.717) is 5.41 Å². The first-order chi connectivity index (χ1) is 6.00. The summed E-state index contributed by atoms with van der Waals surface area (Å²) in [6.45, 7) is 9.92. The summed E-state index contributed by atoms with van der Waals surface area (Å²) < 4.78 is 0. The topological polar surface area (TPSA) is 0 Å². The minimum absolute atomic E-state index is 0. The Balaban J connectivity index is 0.000000980. The van der Waals surface area contributed by atoms with Crippen molar-refractivity contribution in [2.75, 3.05) is 0 Å². The van der Waals surface area contributed by atoms with E-state index in [1.807, 2.05) is 0 Å². The van der Waals surface area contributed by atoms with Crippen LogP contribution in [-0.2, 0) is 0 Å². The second-order valence-electron chi connectivity index (χ2n) is 6.36. The fourth-order valence-electron chi connectivity index (χ4n) is 4.24. The molecule has 0 heterocycles. The molecule has 0 radical (unpaired) electrons. The highest BCUT2D eigenvalue weighted by molar-refractivity contribution is 4.94. The van der Waals surface area contributed by atoms with Crippen molar-refractivity contribution in [3.63, 3.8) is 0 Å². The van der Waals surface area contributed by atoms with Gasteiger partial charge in [-0.3, -0.25) is 0 Å². The second kappa shape index (κ2) is 3.87. The molecule has 5 atom stereocenters. The molecule has 0 amide bonds. The van der Waals surface area contributed by atoms with Gasteiger partial charge in [0.15, 0.2) is 0 Å². The molecule has 0 nitrogen and oxygen atoms in total. The van der Waals surface area contributed by atoms with Crippen LogP contribution in [0.2, 0.25) is 0 Å². The Labute approximate surface area is 90.5 Å². The average molecular weight is 196 g/mol. The Bertz CT molecular complexity index is 192. The summed E-state index contributed by atoms with van der Waals surface area (Å²) in [4.78, 5) is 0. The first kappa shape index (κ1) is 12.1. The van der Waals surface area contributed by atoms with Gasteiger partial charge in [0, 0.05) is 0 Å². The van der Waals surface area contributed by atoms with Crippen LogP contribution in [0.3, 0.4) is 0 Å². The number of rotatable bonds is 0. The first-order valence-corrected chi connectivity index (χ1v) is 6.00. The normalized spacial score (nSPS) is 52.3. The van der Waals surface area contributed by atoms with Gasteiger partial charge < -0.3 is 0 Å². The zero-order valence-electron chi connectivity index (χ0n) is 9.64. The smallest absolute Gasteiger partial charge is 0.0318 e. The van der Waals surface area contributed by atoms with Crippen LogP contribution in [0.4, 0.5) is 0 Å². The molecule has 2 rings (SSSR count). The monoisotopic (exact) mass is 196 g/mol. The maximum Gasteiger partial charge on any atom is -0.0318 e. The summed E-state index contributed by atoms with van der Waals surface area (Å²) >= 11 is 0. The van der Waals surface area contributed by atoms with Crippen LogP contribution in [-0.4, -0.2) is 0 Å². The highest BCUT2D eigenvalue weighted by atomic mass is 14.5. The van der Waals surface area contributed by atoms with Crippen molar-refractivity contribution in [3.05, 3.63) is 0 Å². The molecule has 84 valence electrons. The number of hydrogen-bond donors (Lipinski definition) is 0. The molecule has 0 aromatic carbocycles. The molecular formula is C14H28. The van der Waals surface area contributed by atoms with Crippen molar-refractivity contribution in [2.45, 2.75) is 60.8 Å². The van der Waals surface area contributed by atoms with Crippen LogP contribution < -0.4 is 0 Å². The van der Waals surface area contributed by atoms with E-state index in [4.69, 9.17) is 0 Å². The lowest BCUT2D eigenvalue weighted by molar-refractivity contribution is -0.00721. The van der Waals surface area contributed by atoms with Crippen LogP contribution in [0.1, 0.15) is 60.8 Å². The summed E-state index contributed by atoms with van der Waals surface area (Å²) in [7, 11) is 0. The Morgan fingerprint density at radius 3 is 2.29 bits per heavy atom. The van der Waals surface area contributed by atoms with Crippen LogP contribution in [0, 0.1) is 29.1 Å². The van der Waals surface area contributed by atoms with Gasteiger partial charge in [0.1, 0.15) is 0 Å². The lowest BCUT2D eigenvalue weighted by atomic mass is 9.54. The standard InChI is InChI=1S/C13H24.CH4/c1-9-5-12-8-13(4,6-9)7-10(2)11(12)3;/h9-12H,5-8H2,1-4H3;1H4. The molecular weight excluding hydrogens is 168 g/mol. The predicted octanol–water partition coefficient (Wildman–Crippen LogP) is 4.74. The van der Waals surface area contributed by atoms with Gasteiger partial charge >= 0.3 is 0 Å². The third-order valence-corrected chi connectivity index (χ3v) is 4.76. The van der Waals surface area contributed by atoms with E-state index in [2.05, 4.69) is 27.7 Å². The minimum Gasteiger partial charge on any atom is -0.0776 e. The van der Waals surface area contributed by atoms with E-state index in [-0.39, 0.29) is 7.43 Å². The van der Waals surface area contributed by atoms with Gasteiger partial charge in [-0.15, -0.1) is 0 Å². The van der Waals surface area contributed by atoms with E-state index in [0.717, 1.165) is 23.7 Å². The maximum atomic E-state index is 2.53. The van der Waals surface area contributed by atoms with Crippen LogP contribution in [0.25, 0.3) is 0 Å². The number of hydrogen-bond acceptors (Lipinski definition) is 0. The number of fused-ring (bicyclic) bond motifs is 2. The van der Waals surface area contributed by atoms with E-state index in [1.54, 1.807) is 0 Å². The molecule has 0 spiro atoms. The van der Waals surface area contributed by atoms with Crippen molar-refractivity contribution >= 4 is 0 Å². The summed E-state index contributed by atoms with van der Waals surface area (Å²) in [5, 5.41) is 0. The zero-order valence-corrected chi connectivity index (χ0v) is 9.64.